The van der Waals surface area contributed by atoms with Crippen LogP contribution in [0.3, 0.4) is 0 Å². The molecule has 0 saturated carbocycles. The zero-order valence-corrected chi connectivity index (χ0v) is 17.8. The molecule has 0 saturated heterocycles. The lowest BCUT2D eigenvalue weighted by atomic mass is 10.1. The Morgan fingerprint density at radius 1 is 1.06 bits per heavy atom. The van der Waals surface area contributed by atoms with Gasteiger partial charge in [-0.15, -0.1) is 0 Å². The molecule has 166 valence electrons. The molecule has 0 bridgehead atoms. The van der Waals surface area contributed by atoms with Gasteiger partial charge in [0.15, 0.2) is 5.58 Å². The fourth-order valence-corrected chi connectivity index (χ4v) is 2.94. The van der Waals surface area contributed by atoms with Crippen LogP contribution < -0.4 is 10.6 Å². The topological polar surface area (TPSA) is 123 Å². The predicted octanol–water partition coefficient (Wildman–Crippen LogP) is 3.10. The van der Waals surface area contributed by atoms with E-state index in [1.54, 1.807) is 62.4 Å². The van der Waals surface area contributed by atoms with Crippen molar-refractivity contribution in [2.24, 2.45) is 4.99 Å². The van der Waals surface area contributed by atoms with E-state index in [9.17, 15) is 14.4 Å². The smallest absolute Gasteiger partial charge is 0.435 e. The first-order valence-corrected chi connectivity index (χ1v) is 10.3. The van der Waals surface area contributed by atoms with Crippen molar-refractivity contribution in [1.82, 2.24) is 15.6 Å². The van der Waals surface area contributed by atoms with Crippen LogP contribution in [-0.2, 0) is 9.53 Å². The summed E-state index contributed by atoms with van der Waals surface area (Å²) >= 11 is 0. The summed E-state index contributed by atoms with van der Waals surface area (Å²) in [4.78, 5) is 45.2. The van der Waals surface area contributed by atoms with Crippen LogP contribution in [0.15, 0.2) is 64.0 Å². The summed E-state index contributed by atoms with van der Waals surface area (Å²) in [7, 11) is 0. The molecule has 3 rings (SSSR count). The predicted molar refractivity (Wildman–Crippen MR) is 119 cm³/mol. The molecule has 0 aliphatic rings. The quantitative estimate of drug-likeness (QED) is 0.316. The third-order valence-electron chi connectivity index (χ3n) is 4.50. The number of ether oxygens (including phenoxy) is 1. The Morgan fingerprint density at radius 2 is 1.78 bits per heavy atom. The first-order valence-electron chi connectivity index (χ1n) is 10.3. The monoisotopic (exact) mass is 436 g/mol. The lowest BCUT2D eigenvalue weighted by Crippen LogP contribution is -2.45. The third kappa shape index (κ3) is 5.78. The number of oxazole rings is 1. The molecule has 2 amide bonds. The van der Waals surface area contributed by atoms with Gasteiger partial charge in [-0.1, -0.05) is 49.4 Å². The van der Waals surface area contributed by atoms with E-state index >= 15 is 0 Å². The molecule has 32 heavy (non-hydrogen) atoms. The van der Waals surface area contributed by atoms with Crippen LogP contribution in [-0.4, -0.2) is 47.8 Å². The number of aliphatic imine (C=N–C) groups is 1. The highest BCUT2D eigenvalue weighted by molar-refractivity contribution is 6.05. The van der Waals surface area contributed by atoms with Crippen LogP contribution in [0.2, 0.25) is 0 Å². The van der Waals surface area contributed by atoms with Crippen molar-refractivity contribution in [2.75, 3.05) is 13.2 Å². The number of para-hydroxylation sites is 2. The Hall–Kier alpha value is -4.01. The van der Waals surface area contributed by atoms with Crippen molar-refractivity contribution in [3.63, 3.8) is 0 Å². The van der Waals surface area contributed by atoms with Gasteiger partial charge in [0.2, 0.25) is 11.7 Å². The Balaban J connectivity index is 1.66. The standard InChI is InChI=1S/C23H24N4O5/c1-3-16(20(29)22-26-17-12-8-9-13-18(17)32-22)25-19(28)14-24-21(27-23(30)31-4-2)15-10-6-5-7-11-15/h5-13,16H,3-4,14H2,1-2H3,(H,25,28)(H,24,27,30)/t16-/m0/s1. The van der Waals surface area contributed by atoms with Gasteiger partial charge in [-0.3, -0.25) is 9.59 Å². The maximum atomic E-state index is 12.8. The molecule has 1 atom stereocenters. The second kappa shape index (κ2) is 10.9. The molecule has 3 aromatic rings. The molecule has 9 heteroatoms. The van der Waals surface area contributed by atoms with Gasteiger partial charge in [0.25, 0.3) is 5.89 Å². The molecular weight excluding hydrogens is 412 g/mol. The average Bonchev–Trinajstić information content (AvgIpc) is 3.25. The van der Waals surface area contributed by atoms with Crippen molar-refractivity contribution in [3.05, 3.63) is 66.1 Å². The molecule has 0 aliphatic heterocycles. The molecule has 0 aliphatic carbocycles. The second-order valence-corrected chi connectivity index (χ2v) is 6.76. The van der Waals surface area contributed by atoms with E-state index in [1.807, 2.05) is 6.07 Å². The number of hydrogen-bond acceptors (Lipinski definition) is 6. The van der Waals surface area contributed by atoms with E-state index < -0.39 is 23.8 Å². The van der Waals surface area contributed by atoms with E-state index in [0.29, 0.717) is 23.1 Å². The van der Waals surface area contributed by atoms with Crippen molar-refractivity contribution in [2.45, 2.75) is 26.3 Å². The van der Waals surface area contributed by atoms with Crippen LogP contribution >= 0.6 is 0 Å². The van der Waals surface area contributed by atoms with Gasteiger partial charge in [0.1, 0.15) is 11.4 Å². The fraction of sp³-hybridized carbons (Fsp3) is 0.261. The fourth-order valence-electron chi connectivity index (χ4n) is 2.94. The third-order valence-corrected chi connectivity index (χ3v) is 4.50. The summed E-state index contributed by atoms with van der Waals surface area (Å²) < 4.78 is 10.4. The highest BCUT2D eigenvalue weighted by Crippen LogP contribution is 2.16. The van der Waals surface area contributed by atoms with Crippen molar-refractivity contribution in [1.29, 1.82) is 0 Å². The number of Topliss-reactive ketones (excluding diaryl/α,β-unsaturated/α-hetero) is 1. The SMILES string of the molecule is CCOC(=O)/N=C(/NCC(=O)N[C@@H](CC)C(=O)c1nc2ccccc2o1)c1ccccc1. The largest absolute Gasteiger partial charge is 0.448 e. The number of rotatable bonds is 8. The summed E-state index contributed by atoms with van der Waals surface area (Å²) in [5, 5.41) is 5.51. The Kier molecular flexibility index (Phi) is 7.69. The number of carbonyl (C=O) groups excluding carboxylic acids is 3. The van der Waals surface area contributed by atoms with E-state index in [1.165, 1.54) is 0 Å². The van der Waals surface area contributed by atoms with Crippen LogP contribution in [0.5, 0.6) is 0 Å². The van der Waals surface area contributed by atoms with Crippen molar-refractivity contribution >= 4 is 34.7 Å². The molecule has 2 N–H and O–H groups in total. The summed E-state index contributed by atoms with van der Waals surface area (Å²) in [6, 6.07) is 15.1. The van der Waals surface area contributed by atoms with Gasteiger partial charge in [-0.25, -0.2) is 9.78 Å². The minimum Gasteiger partial charge on any atom is -0.448 e. The number of nitrogens with one attached hydrogen (secondary N) is 2. The van der Waals surface area contributed by atoms with Gasteiger partial charge in [-0.2, -0.15) is 4.99 Å². The summed E-state index contributed by atoms with van der Waals surface area (Å²) in [5.74, 6) is -0.730. The molecule has 2 aromatic carbocycles. The van der Waals surface area contributed by atoms with E-state index in [0.717, 1.165) is 0 Å². The maximum Gasteiger partial charge on any atom is 0.435 e. The number of carbonyl (C=O) groups is 3. The van der Waals surface area contributed by atoms with Crippen LogP contribution in [0.4, 0.5) is 4.79 Å². The molecule has 1 heterocycles. The Bertz CT molecular complexity index is 1090. The normalized spacial score (nSPS) is 12.2. The van der Waals surface area contributed by atoms with Crippen LogP contribution in [0, 0.1) is 0 Å². The second-order valence-electron chi connectivity index (χ2n) is 6.76. The van der Waals surface area contributed by atoms with Gasteiger partial charge < -0.3 is 19.8 Å². The van der Waals surface area contributed by atoms with Crippen molar-refractivity contribution < 1.29 is 23.5 Å². The van der Waals surface area contributed by atoms with Crippen LogP contribution in [0.1, 0.15) is 36.5 Å². The minimum atomic E-state index is -0.806. The number of amidine groups is 1. The Labute approximate surface area is 184 Å². The summed E-state index contributed by atoms with van der Waals surface area (Å²) in [6.07, 6.45) is -0.414. The molecule has 0 radical (unpaired) electrons. The highest BCUT2D eigenvalue weighted by Gasteiger charge is 2.25. The minimum absolute atomic E-state index is 0.0554. The number of hydrogen-bond donors (Lipinski definition) is 2. The number of amides is 2. The number of fused-ring (bicyclic) bond motifs is 1. The molecule has 0 fully saturated rings. The van der Waals surface area contributed by atoms with E-state index in [-0.39, 0.29) is 24.9 Å². The molecule has 0 spiro atoms. The van der Waals surface area contributed by atoms with E-state index in [4.69, 9.17) is 9.15 Å². The lowest BCUT2D eigenvalue weighted by Gasteiger charge is -2.15. The number of aromatic nitrogens is 1. The first-order chi connectivity index (χ1) is 15.5. The highest BCUT2D eigenvalue weighted by atomic mass is 16.5. The van der Waals surface area contributed by atoms with Gasteiger partial charge in [0, 0.05) is 5.56 Å². The number of nitrogens with zero attached hydrogens (tertiary/aromatic N) is 2. The average molecular weight is 436 g/mol. The number of ketones is 1. The molecule has 0 unspecified atom stereocenters. The van der Waals surface area contributed by atoms with Gasteiger partial charge >= 0.3 is 6.09 Å². The van der Waals surface area contributed by atoms with Gasteiger partial charge in [0.05, 0.1) is 19.2 Å². The van der Waals surface area contributed by atoms with Crippen LogP contribution in [0.25, 0.3) is 11.1 Å². The Morgan fingerprint density at radius 3 is 2.47 bits per heavy atom. The zero-order valence-electron chi connectivity index (χ0n) is 17.8. The van der Waals surface area contributed by atoms with Gasteiger partial charge in [-0.05, 0) is 25.5 Å². The zero-order chi connectivity index (χ0) is 22.9. The first kappa shape index (κ1) is 22.7. The van der Waals surface area contributed by atoms with Crippen molar-refractivity contribution in [3.8, 4) is 0 Å². The number of benzene rings is 2. The summed E-state index contributed by atoms with van der Waals surface area (Å²) in [6.45, 7) is 3.43. The lowest BCUT2D eigenvalue weighted by molar-refractivity contribution is -0.120. The summed E-state index contributed by atoms with van der Waals surface area (Å²) in [5.41, 5.74) is 1.69. The molecular formula is C23H24N4O5. The molecule has 1 aromatic heterocycles. The van der Waals surface area contributed by atoms with E-state index in [2.05, 4.69) is 20.6 Å². The molecule has 9 nitrogen and oxygen atoms in total. The maximum absolute atomic E-state index is 12.8.